The average Bonchev–Trinajstić information content (AvgIpc) is 2.12. The van der Waals surface area contributed by atoms with E-state index in [0.29, 0.717) is 0 Å². The molecule has 3 nitrogen and oxygen atoms in total. The van der Waals surface area contributed by atoms with Crippen LogP contribution in [0.25, 0.3) is 0 Å². The predicted octanol–water partition coefficient (Wildman–Crippen LogP) is 0.0568. The lowest BCUT2D eigenvalue weighted by Gasteiger charge is -2.17. The van der Waals surface area contributed by atoms with E-state index in [1.54, 1.807) is 0 Å². The number of rotatable bonds is 1. The zero-order valence-electron chi connectivity index (χ0n) is 5.45. The molecule has 0 aromatic heterocycles. The zero-order chi connectivity index (χ0) is 5.98. The Labute approximate surface area is 61.3 Å². The highest BCUT2D eigenvalue weighted by molar-refractivity contribution is 5.85. The minimum Gasteiger partial charge on any atom is -0.346 e. The van der Waals surface area contributed by atoms with E-state index < -0.39 is 0 Å². The predicted molar refractivity (Wildman–Crippen MR) is 41.0 cm³/mol. The van der Waals surface area contributed by atoms with Gasteiger partial charge in [0, 0.05) is 6.54 Å². The van der Waals surface area contributed by atoms with Gasteiger partial charge in [0.05, 0.1) is 19.0 Å². The van der Waals surface area contributed by atoms with Crippen molar-refractivity contribution in [3.8, 4) is 0 Å². The molecule has 0 aliphatic carbocycles. The number of nitrogens with zero attached hydrogens (tertiary/aromatic N) is 2. The number of aliphatic imine (C=N–C) groups is 1. The van der Waals surface area contributed by atoms with E-state index in [0.717, 1.165) is 13.1 Å². The molecule has 1 aliphatic heterocycles. The van der Waals surface area contributed by atoms with Crippen molar-refractivity contribution in [3.63, 3.8) is 0 Å². The molecular weight excluding hydrogens is 138 g/mol. The first kappa shape index (κ1) is 8.72. The van der Waals surface area contributed by atoms with Gasteiger partial charge in [0.2, 0.25) is 0 Å². The van der Waals surface area contributed by atoms with Crippen LogP contribution in [0.15, 0.2) is 4.99 Å². The number of nitrogens with two attached hydrogens (primary N) is 1. The molecule has 0 aromatic carbocycles. The Morgan fingerprint density at radius 3 is 2.67 bits per heavy atom. The molecular formula is C5H12ClN3. The molecule has 0 saturated heterocycles. The lowest BCUT2D eigenvalue weighted by Crippen LogP contribution is -2.37. The maximum absolute atomic E-state index is 5.53. The van der Waals surface area contributed by atoms with Crippen molar-refractivity contribution < 1.29 is 0 Å². The number of halogens is 1. The summed E-state index contributed by atoms with van der Waals surface area (Å²) in [4.78, 5) is 6.02. The quantitative estimate of drug-likeness (QED) is 0.573. The van der Waals surface area contributed by atoms with Gasteiger partial charge < -0.3 is 10.6 Å². The van der Waals surface area contributed by atoms with E-state index in [1.165, 1.54) is 0 Å². The van der Waals surface area contributed by atoms with Gasteiger partial charge >= 0.3 is 0 Å². The summed E-state index contributed by atoms with van der Waals surface area (Å²) in [5.41, 5.74) is 5.53. The lowest BCUT2D eigenvalue weighted by atomic mass is 10.5. The van der Waals surface area contributed by atoms with Crippen LogP contribution >= 0.6 is 12.4 Å². The van der Waals surface area contributed by atoms with E-state index >= 15 is 0 Å². The van der Waals surface area contributed by atoms with Crippen LogP contribution in [-0.2, 0) is 0 Å². The van der Waals surface area contributed by atoms with Crippen LogP contribution in [0.3, 0.4) is 0 Å². The van der Waals surface area contributed by atoms with Crippen molar-refractivity contribution in [3.05, 3.63) is 0 Å². The van der Waals surface area contributed by atoms with E-state index in [-0.39, 0.29) is 18.6 Å². The Morgan fingerprint density at radius 1 is 1.78 bits per heavy atom. The fourth-order valence-corrected chi connectivity index (χ4v) is 0.702. The minimum atomic E-state index is 0. The van der Waals surface area contributed by atoms with E-state index in [9.17, 15) is 0 Å². The molecule has 0 amide bonds. The monoisotopic (exact) mass is 149 g/mol. The van der Waals surface area contributed by atoms with Crippen molar-refractivity contribution >= 4 is 18.7 Å². The summed E-state index contributed by atoms with van der Waals surface area (Å²) >= 11 is 0. The third-order valence-corrected chi connectivity index (χ3v) is 1.24. The van der Waals surface area contributed by atoms with Crippen molar-refractivity contribution in [2.75, 3.05) is 13.1 Å². The molecule has 4 heteroatoms. The molecule has 1 rings (SSSR count). The molecule has 54 valence electrons. The fraction of sp³-hybridized carbons (Fsp3) is 0.800. The van der Waals surface area contributed by atoms with Gasteiger partial charge in [-0.15, -0.1) is 12.4 Å². The average molecular weight is 150 g/mol. The summed E-state index contributed by atoms with van der Waals surface area (Å²) in [6.45, 7) is 3.84. The summed E-state index contributed by atoms with van der Waals surface area (Å²) in [5.74, 6) is 0. The molecule has 0 spiro atoms. The van der Waals surface area contributed by atoms with Crippen LogP contribution in [0.2, 0.25) is 0 Å². The van der Waals surface area contributed by atoms with Crippen LogP contribution in [0, 0.1) is 0 Å². The van der Waals surface area contributed by atoms with Gasteiger partial charge in [-0.05, 0) is 6.92 Å². The van der Waals surface area contributed by atoms with Crippen molar-refractivity contribution in [2.24, 2.45) is 10.7 Å². The smallest absolute Gasteiger partial charge is 0.0863 e. The maximum atomic E-state index is 5.53. The Bertz CT molecular complexity index is 102. The second kappa shape index (κ2) is 3.69. The van der Waals surface area contributed by atoms with E-state index in [4.69, 9.17) is 5.73 Å². The highest BCUT2D eigenvalue weighted by Crippen LogP contribution is 1.94. The summed E-state index contributed by atoms with van der Waals surface area (Å²) in [6, 6.07) is 0. The van der Waals surface area contributed by atoms with Crippen LogP contribution < -0.4 is 5.73 Å². The fourth-order valence-electron chi connectivity index (χ4n) is 0.702. The molecule has 0 radical (unpaired) electrons. The lowest BCUT2D eigenvalue weighted by molar-refractivity contribution is 0.375. The number of hydrogen-bond acceptors (Lipinski definition) is 3. The molecule has 0 fully saturated rings. The Kier molecular flexibility index (Phi) is 3.58. The largest absolute Gasteiger partial charge is 0.346 e. The summed E-state index contributed by atoms with van der Waals surface area (Å²) in [7, 11) is 0. The third-order valence-electron chi connectivity index (χ3n) is 1.24. The first-order valence-corrected chi connectivity index (χ1v) is 2.82. The van der Waals surface area contributed by atoms with Gasteiger partial charge in [-0.1, -0.05) is 0 Å². The van der Waals surface area contributed by atoms with Gasteiger partial charge in [-0.3, -0.25) is 4.99 Å². The van der Waals surface area contributed by atoms with Gasteiger partial charge in [-0.2, -0.15) is 0 Å². The molecule has 0 saturated carbocycles. The van der Waals surface area contributed by atoms with E-state index in [2.05, 4.69) is 4.99 Å². The van der Waals surface area contributed by atoms with Crippen molar-refractivity contribution in [1.29, 1.82) is 0 Å². The van der Waals surface area contributed by atoms with E-state index in [1.807, 2.05) is 18.2 Å². The molecule has 1 heterocycles. The zero-order valence-corrected chi connectivity index (χ0v) is 6.27. The third kappa shape index (κ3) is 2.20. The highest BCUT2D eigenvalue weighted by atomic mass is 35.5. The molecule has 0 bridgehead atoms. The molecule has 1 atom stereocenters. The second-order valence-corrected chi connectivity index (χ2v) is 2.00. The topological polar surface area (TPSA) is 41.6 Å². The second-order valence-electron chi connectivity index (χ2n) is 2.00. The van der Waals surface area contributed by atoms with Crippen LogP contribution in [0.1, 0.15) is 6.92 Å². The normalized spacial score (nSPS) is 19.6. The van der Waals surface area contributed by atoms with Crippen LogP contribution in [0.5, 0.6) is 0 Å². The summed E-state index contributed by atoms with van der Waals surface area (Å²) in [6.07, 6.45) is 1.94. The Balaban J connectivity index is 0.000000640. The Hall–Kier alpha value is -0.280. The molecule has 1 unspecified atom stereocenters. The summed E-state index contributed by atoms with van der Waals surface area (Å²) < 4.78 is 0. The Morgan fingerprint density at radius 2 is 2.44 bits per heavy atom. The van der Waals surface area contributed by atoms with Crippen LogP contribution in [-0.4, -0.2) is 30.5 Å². The first-order chi connectivity index (χ1) is 3.80. The van der Waals surface area contributed by atoms with Gasteiger partial charge in [0.25, 0.3) is 0 Å². The first-order valence-electron chi connectivity index (χ1n) is 2.82. The molecule has 1 aliphatic rings. The summed E-state index contributed by atoms with van der Waals surface area (Å²) in [5, 5.41) is 0. The van der Waals surface area contributed by atoms with Crippen LogP contribution in [0.4, 0.5) is 0 Å². The van der Waals surface area contributed by atoms with Gasteiger partial charge in [-0.25, -0.2) is 0 Å². The van der Waals surface area contributed by atoms with Crippen molar-refractivity contribution in [2.45, 2.75) is 13.1 Å². The van der Waals surface area contributed by atoms with Gasteiger partial charge in [0.15, 0.2) is 0 Å². The molecule has 0 aromatic rings. The SMILES string of the molecule is CC(N)N1C=NCC1.Cl. The molecule has 2 N–H and O–H groups in total. The van der Waals surface area contributed by atoms with Crippen molar-refractivity contribution in [1.82, 2.24) is 4.90 Å². The number of hydrogen-bond donors (Lipinski definition) is 1. The maximum Gasteiger partial charge on any atom is 0.0863 e. The minimum absolute atomic E-state index is 0. The molecule has 9 heavy (non-hydrogen) atoms. The van der Waals surface area contributed by atoms with Gasteiger partial charge in [0.1, 0.15) is 0 Å². The standard InChI is InChI=1S/C5H11N3.ClH/c1-5(6)8-3-2-7-4-8;/h4-5H,2-3,6H2,1H3;1H. The highest BCUT2D eigenvalue weighted by Gasteiger charge is 2.07.